The number of nitrogens with one attached hydrogen (secondary N) is 1. The number of hydrogen-bond donors (Lipinski definition) is 2. The molecule has 3 aromatic rings. The smallest absolute Gasteiger partial charge is 0.335 e. The van der Waals surface area contributed by atoms with Gasteiger partial charge in [0.15, 0.2) is 5.96 Å². The number of nitro groups is 1. The lowest BCUT2D eigenvalue weighted by Crippen LogP contribution is -2.50. The van der Waals surface area contributed by atoms with E-state index in [1.165, 1.54) is 17.7 Å². The first-order valence-corrected chi connectivity index (χ1v) is 11.3. The van der Waals surface area contributed by atoms with E-state index in [-0.39, 0.29) is 11.3 Å². The van der Waals surface area contributed by atoms with E-state index in [0.717, 1.165) is 36.0 Å². The molecule has 0 aromatic heterocycles. The molecule has 1 saturated heterocycles. The number of benzene rings is 3. The van der Waals surface area contributed by atoms with Crippen molar-refractivity contribution in [1.82, 2.24) is 4.90 Å². The van der Waals surface area contributed by atoms with E-state index in [4.69, 9.17) is 10.1 Å². The second-order valence-corrected chi connectivity index (χ2v) is 8.38. The minimum absolute atomic E-state index is 0.0797. The maximum absolute atomic E-state index is 11.2. The molecule has 3 aromatic carbocycles. The highest BCUT2D eigenvalue weighted by molar-refractivity contribution is 5.95. The van der Waals surface area contributed by atoms with Crippen molar-refractivity contribution in [3.63, 3.8) is 0 Å². The summed E-state index contributed by atoms with van der Waals surface area (Å²) >= 11 is 0. The number of carboxylic acid groups (broad SMARTS) is 1. The fourth-order valence-electron chi connectivity index (χ4n) is 3.87. The number of aromatic carboxylic acids is 1. The van der Waals surface area contributed by atoms with Gasteiger partial charge in [0, 0.05) is 49.7 Å². The van der Waals surface area contributed by atoms with Crippen molar-refractivity contribution < 1.29 is 14.8 Å². The van der Waals surface area contributed by atoms with Gasteiger partial charge in [0.1, 0.15) is 0 Å². The molecule has 9 heteroatoms. The van der Waals surface area contributed by atoms with Crippen LogP contribution in [0.1, 0.15) is 21.5 Å². The van der Waals surface area contributed by atoms with E-state index in [0.29, 0.717) is 19.6 Å². The molecule has 1 heterocycles. The van der Waals surface area contributed by atoms with Crippen molar-refractivity contribution in [1.29, 1.82) is 0 Å². The van der Waals surface area contributed by atoms with Gasteiger partial charge in [-0.2, -0.15) is 0 Å². The van der Waals surface area contributed by atoms with E-state index in [1.807, 2.05) is 6.92 Å². The van der Waals surface area contributed by atoms with Gasteiger partial charge in [-0.25, -0.2) is 9.79 Å². The predicted molar refractivity (Wildman–Crippen MR) is 136 cm³/mol. The minimum Gasteiger partial charge on any atom is -0.478 e. The zero-order valence-corrected chi connectivity index (χ0v) is 19.4. The van der Waals surface area contributed by atoms with Gasteiger partial charge >= 0.3 is 5.97 Å². The number of non-ortho nitro benzene ring substituents is 1. The van der Waals surface area contributed by atoms with Gasteiger partial charge in [0.05, 0.1) is 17.0 Å². The predicted octanol–water partition coefficient (Wildman–Crippen LogP) is 4.39. The number of nitrogens with zero attached hydrogens (tertiary/aromatic N) is 4. The van der Waals surface area contributed by atoms with Crippen LogP contribution in [-0.4, -0.2) is 53.0 Å². The zero-order chi connectivity index (χ0) is 24.8. The Morgan fingerprint density at radius 2 is 1.60 bits per heavy atom. The van der Waals surface area contributed by atoms with Crippen molar-refractivity contribution in [3.05, 3.63) is 99.6 Å². The molecule has 0 radical (unpaired) electrons. The molecular formula is C26H27N5O4. The molecule has 35 heavy (non-hydrogen) atoms. The van der Waals surface area contributed by atoms with Gasteiger partial charge in [0.25, 0.3) is 5.69 Å². The average molecular weight is 474 g/mol. The second kappa shape index (κ2) is 10.7. The lowest BCUT2D eigenvalue weighted by Gasteiger charge is -2.37. The summed E-state index contributed by atoms with van der Waals surface area (Å²) in [4.78, 5) is 30.9. The summed E-state index contributed by atoms with van der Waals surface area (Å²) in [6.07, 6.45) is 0. The molecule has 0 saturated carbocycles. The summed E-state index contributed by atoms with van der Waals surface area (Å²) in [6, 6.07) is 21.5. The largest absolute Gasteiger partial charge is 0.478 e. The first-order chi connectivity index (χ1) is 16.9. The first-order valence-electron chi connectivity index (χ1n) is 11.3. The van der Waals surface area contributed by atoms with Crippen LogP contribution in [0.25, 0.3) is 0 Å². The Labute approximate surface area is 203 Å². The summed E-state index contributed by atoms with van der Waals surface area (Å²) in [7, 11) is 0. The number of rotatable bonds is 6. The van der Waals surface area contributed by atoms with E-state index in [1.54, 1.807) is 36.4 Å². The highest BCUT2D eigenvalue weighted by atomic mass is 16.6. The zero-order valence-electron chi connectivity index (χ0n) is 19.4. The van der Waals surface area contributed by atoms with Crippen molar-refractivity contribution in [2.24, 2.45) is 4.99 Å². The number of guanidine groups is 1. The van der Waals surface area contributed by atoms with E-state index in [9.17, 15) is 14.9 Å². The van der Waals surface area contributed by atoms with E-state index < -0.39 is 10.9 Å². The Morgan fingerprint density at radius 1 is 0.971 bits per heavy atom. The highest BCUT2D eigenvalue weighted by Crippen LogP contribution is 2.21. The van der Waals surface area contributed by atoms with Crippen LogP contribution in [0.15, 0.2) is 77.8 Å². The number of anilines is 2. The number of carboxylic acids is 1. The molecule has 0 amide bonds. The summed E-state index contributed by atoms with van der Waals surface area (Å²) in [5.74, 6) is -0.246. The minimum atomic E-state index is -0.966. The van der Waals surface area contributed by atoms with Crippen LogP contribution in [-0.2, 0) is 6.54 Å². The molecule has 0 spiro atoms. The van der Waals surface area contributed by atoms with Crippen LogP contribution in [0.2, 0.25) is 0 Å². The lowest BCUT2D eigenvalue weighted by molar-refractivity contribution is -0.384. The normalized spacial score (nSPS) is 14.0. The van der Waals surface area contributed by atoms with Crippen LogP contribution in [0.5, 0.6) is 0 Å². The highest BCUT2D eigenvalue weighted by Gasteiger charge is 2.21. The molecule has 0 atom stereocenters. The fraction of sp³-hybridized carbons (Fsp3) is 0.231. The molecule has 1 fully saturated rings. The Hall–Kier alpha value is -4.40. The van der Waals surface area contributed by atoms with Crippen molar-refractivity contribution in [2.75, 3.05) is 36.4 Å². The van der Waals surface area contributed by atoms with E-state index in [2.05, 4.69) is 39.4 Å². The number of aryl methyl sites for hydroxylation is 1. The number of nitro benzene ring substituents is 1. The quantitative estimate of drug-likeness (QED) is 0.236. The third kappa shape index (κ3) is 6.14. The number of aliphatic imine (C=N–C) groups is 1. The van der Waals surface area contributed by atoms with Crippen LogP contribution in [0.4, 0.5) is 17.1 Å². The molecule has 9 nitrogen and oxygen atoms in total. The summed E-state index contributed by atoms with van der Waals surface area (Å²) in [6.45, 7) is 5.46. The third-order valence-corrected chi connectivity index (χ3v) is 5.92. The van der Waals surface area contributed by atoms with Gasteiger partial charge in [-0.3, -0.25) is 10.1 Å². The number of hydrogen-bond acceptors (Lipinski definition) is 5. The van der Waals surface area contributed by atoms with Gasteiger partial charge in [0.2, 0.25) is 0 Å². The van der Waals surface area contributed by atoms with Gasteiger partial charge in [-0.05, 0) is 48.9 Å². The molecule has 180 valence electrons. The average Bonchev–Trinajstić information content (AvgIpc) is 2.88. The Bertz CT molecular complexity index is 1200. The van der Waals surface area contributed by atoms with Crippen LogP contribution in [0.3, 0.4) is 0 Å². The monoisotopic (exact) mass is 473 g/mol. The SMILES string of the molecule is Cc1ccc(CN=C(Nc2ccc(C(=O)O)cc2)N2CCN(c3ccc([N+](=O)[O-])cc3)CC2)cc1. The molecule has 1 aliphatic heterocycles. The van der Waals surface area contributed by atoms with Gasteiger partial charge < -0.3 is 20.2 Å². The lowest BCUT2D eigenvalue weighted by atomic mass is 10.1. The topological polar surface area (TPSA) is 111 Å². The molecule has 0 bridgehead atoms. The summed E-state index contributed by atoms with van der Waals surface area (Å²) < 4.78 is 0. The Balaban J connectivity index is 1.48. The van der Waals surface area contributed by atoms with Crippen molar-refractivity contribution in [2.45, 2.75) is 13.5 Å². The van der Waals surface area contributed by atoms with Crippen LogP contribution in [0, 0.1) is 17.0 Å². The van der Waals surface area contributed by atoms with Crippen LogP contribution < -0.4 is 10.2 Å². The van der Waals surface area contributed by atoms with Crippen molar-refractivity contribution in [3.8, 4) is 0 Å². The summed E-state index contributed by atoms with van der Waals surface area (Å²) in [5, 5.41) is 23.4. The molecular weight excluding hydrogens is 446 g/mol. The van der Waals surface area contributed by atoms with Gasteiger partial charge in [-0.1, -0.05) is 29.8 Å². The molecule has 0 unspecified atom stereocenters. The molecule has 1 aliphatic rings. The number of carbonyl (C=O) groups is 1. The van der Waals surface area contributed by atoms with Crippen molar-refractivity contribution >= 4 is 29.0 Å². The first kappa shape index (κ1) is 23.7. The third-order valence-electron chi connectivity index (χ3n) is 5.92. The Morgan fingerprint density at radius 3 is 2.17 bits per heavy atom. The molecule has 4 rings (SSSR count). The molecule has 2 N–H and O–H groups in total. The van der Waals surface area contributed by atoms with Gasteiger partial charge in [-0.15, -0.1) is 0 Å². The second-order valence-electron chi connectivity index (χ2n) is 8.38. The molecule has 0 aliphatic carbocycles. The standard InChI is InChI=1S/C26H27N5O4/c1-19-2-4-20(5-3-19)18-27-26(28-22-8-6-21(7-9-22)25(32)33)30-16-14-29(15-17-30)23-10-12-24(13-11-23)31(34)35/h2-13H,14-18H2,1H3,(H,27,28)(H,32,33). The summed E-state index contributed by atoms with van der Waals surface area (Å²) in [5.41, 5.74) is 4.31. The van der Waals surface area contributed by atoms with Crippen LogP contribution >= 0.6 is 0 Å². The van der Waals surface area contributed by atoms with E-state index >= 15 is 0 Å². The number of piperazine rings is 1. The maximum atomic E-state index is 11.2. The Kier molecular flexibility index (Phi) is 7.25. The maximum Gasteiger partial charge on any atom is 0.335 e. The fourth-order valence-corrected chi connectivity index (χ4v) is 3.87.